The van der Waals surface area contributed by atoms with Crippen LogP contribution in [0.15, 0.2) is 121 Å². The minimum atomic E-state index is -2.12. The van der Waals surface area contributed by atoms with E-state index in [1.165, 1.54) is 0 Å². The molecular formula is C36H36Cl3NO6. The Hall–Kier alpha value is -2.98. The minimum absolute atomic E-state index is 0.131. The molecular weight excluding hydrogens is 649 g/mol. The van der Waals surface area contributed by atoms with Crippen molar-refractivity contribution in [3.8, 4) is 0 Å². The molecule has 1 fully saturated rings. The molecule has 10 heteroatoms. The van der Waals surface area contributed by atoms with Gasteiger partial charge in [-0.25, -0.2) is 0 Å². The summed E-state index contributed by atoms with van der Waals surface area (Å²) < 4.78 is 36.1. The third kappa shape index (κ3) is 10.3. The van der Waals surface area contributed by atoms with E-state index in [4.69, 9.17) is 68.6 Å². The molecule has 5 atom stereocenters. The predicted molar refractivity (Wildman–Crippen MR) is 179 cm³/mol. The number of hydrogen-bond acceptors (Lipinski definition) is 7. The molecule has 2 unspecified atom stereocenters. The van der Waals surface area contributed by atoms with Crippen molar-refractivity contribution >= 4 is 40.7 Å². The highest BCUT2D eigenvalue weighted by Crippen LogP contribution is 2.34. The summed E-state index contributed by atoms with van der Waals surface area (Å²) in [6.07, 6.45) is -4.17. The molecule has 1 heterocycles. The first-order valence-corrected chi connectivity index (χ1v) is 16.1. The summed E-state index contributed by atoms with van der Waals surface area (Å²) in [5.74, 6) is -0.606. The fourth-order valence-corrected chi connectivity index (χ4v) is 5.16. The van der Waals surface area contributed by atoms with E-state index in [9.17, 15) is 0 Å². The molecule has 4 aromatic rings. The third-order valence-electron chi connectivity index (χ3n) is 7.33. The number of benzene rings is 4. The first-order valence-electron chi connectivity index (χ1n) is 14.9. The van der Waals surface area contributed by atoms with E-state index in [1.807, 2.05) is 121 Å². The Morgan fingerprint density at radius 3 is 1.39 bits per heavy atom. The van der Waals surface area contributed by atoms with Gasteiger partial charge >= 0.3 is 0 Å². The van der Waals surface area contributed by atoms with Gasteiger partial charge in [0.05, 0.1) is 33.0 Å². The molecule has 0 aliphatic carbocycles. The lowest BCUT2D eigenvalue weighted by molar-refractivity contribution is -0.313. The molecule has 1 saturated heterocycles. The lowest BCUT2D eigenvalue weighted by Gasteiger charge is -2.46. The highest BCUT2D eigenvalue weighted by molar-refractivity contribution is 6.76. The van der Waals surface area contributed by atoms with Crippen LogP contribution >= 0.6 is 34.8 Å². The summed E-state index contributed by atoms with van der Waals surface area (Å²) in [6.45, 7) is 1.24. The van der Waals surface area contributed by atoms with Gasteiger partial charge in [-0.2, -0.15) is 0 Å². The van der Waals surface area contributed by atoms with Crippen molar-refractivity contribution in [2.45, 2.75) is 60.9 Å². The largest absolute Gasteiger partial charge is 0.445 e. The topological polar surface area (TPSA) is 79.2 Å². The number of alkyl halides is 3. The maximum atomic E-state index is 8.37. The van der Waals surface area contributed by atoms with E-state index >= 15 is 0 Å². The summed E-state index contributed by atoms with van der Waals surface area (Å²) >= 11 is 18.1. The van der Waals surface area contributed by atoms with E-state index in [0.717, 1.165) is 22.3 Å². The van der Waals surface area contributed by atoms with Crippen LogP contribution in [0.25, 0.3) is 0 Å². The SMILES string of the molecule is N=C(O[C@H]1OC(COCc2ccccc2)[C@@H](OCc2ccccc2)[C@H](OCc2ccccc2)C1OCc1ccccc1)C(Cl)(Cl)Cl. The van der Waals surface area contributed by atoms with Crippen LogP contribution in [0, 0.1) is 5.41 Å². The number of ether oxygens (including phenoxy) is 6. The number of halogens is 3. The summed E-state index contributed by atoms with van der Waals surface area (Å²) in [7, 11) is 0. The quantitative estimate of drug-likeness (QED) is 0.0823. The number of rotatable bonds is 14. The molecule has 1 aliphatic heterocycles. The average molecular weight is 685 g/mol. The molecule has 0 bridgehead atoms. The van der Waals surface area contributed by atoms with Crippen molar-refractivity contribution in [1.29, 1.82) is 5.41 Å². The van der Waals surface area contributed by atoms with Crippen LogP contribution in [0.2, 0.25) is 0 Å². The second-order valence-corrected chi connectivity index (χ2v) is 13.1. The van der Waals surface area contributed by atoms with Gasteiger partial charge in [0.1, 0.15) is 24.4 Å². The third-order valence-corrected chi connectivity index (χ3v) is 7.85. The van der Waals surface area contributed by atoms with Crippen molar-refractivity contribution in [2.24, 2.45) is 0 Å². The van der Waals surface area contributed by atoms with Crippen LogP contribution in [0.5, 0.6) is 0 Å². The molecule has 0 amide bonds. The second-order valence-electron chi connectivity index (χ2n) is 10.8. The molecule has 7 nitrogen and oxygen atoms in total. The maximum Gasteiger partial charge on any atom is 0.265 e. The lowest BCUT2D eigenvalue weighted by atomic mass is 9.97. The minimum Gasteiger partial charge on any atom is -0.445 e. The Kier molecular flexibility index (Phi) is 12.9. The highest BCUT2D eigenvalue weighted by Gasteiger charge is 2.51. The van der Waals surface area contributed by atoms with Gasteiger partial charge in [-0.05, 0) is 22.3 Å². The van der Waals surface area contributed by atoms with Crippen molar-refractivity contribution in [1.82, 2.24) is 0 Å². The molecule has 46 heavy (non-hydrogen) atoms. The predicted octanol–water partition coefficient (Wildman–Crippen LogP) is 8.05. The van der Waals surface area contributed by atoms with Gasteiger partial charge in [0.25, 0.3) is 3.79 Å². The van der Waals surface area contributed by atoms with Crippen molar-refractivity contribution in [2.75, 3.05) is 6.61 Å². The Labute approximate surface area is 284 Å². The molecule has 4 aromatic carbocycles. The maximum absolute atomic E-state index is 8.37. The zero-order chi connectivity index (χ0) is 32.2. The second kappa shape index (κ2) is 17.3. The van der Waals surface area contributed by atoms with Gasteiger partial charge in [-0.1, -0.05) is 156 Å². The van der Waals surface area contributed by atoms with E-state index < -0.39 is 40.4 Å². The monoisotopic (exact) mass is 683 g/mol. The highest BCUT2D eigenvalue weighted by atomic mass is 35.6. The molecule has 0 spiro atoms. The van der Waals surface area contributed by atoms with Gasteiger partial charge < -0.3 is 28.4 Å². The summed E-state index contributed by atoms with van der Waals surface area (Å²) in [6, 6.07) is 39.2. The molecule has 1 aliphatic rings. The molecule has 0 aromatic heterocycles. The zero-order valence-electron chi connectivity index (χ0n) is 25.1. The zero-order valence-corrected chi connectivity index (χ0v) is 27.3. The van der Waals surface area contributed by atoms with Crippen LogP contribution in [0.3, 0.4) is 0 Å². The normalized spacial score (nSPS) is 21.5. The number of nitrogens with one attached hydrogen (secondary N) is 1. The standard InChI is InChI=1S/C36H36Cl3NO6/c37-36(38,39)35(40)46-34-33(44-24-29-19-11-4-12-20-29)32(43-23-28-17-9-3-10-18-28)31(42-22-27-15-7-2-8-16-27)30(45-34)25-41-21-26-13-5-1-6-14-26/h1-20,30-34,40H,21-25H2/t30?,31-,32+,33?,34-/m1/s1. The average Bonchev–Trinajstić information content (AvgIpc) is 3.07. The Balaban J connectivity index is 1.46. The molecule has 1 N–H and O–H groups in total. The van der Waals surface area contributed by atoms with Gasteiger partial charge in [-0.15, -0.1) is 0 Å². The first-order chi connectivity index (χ1) is 22.4. The van der Waals surface area contributed by atoms with Crippen LogP contribution in [0.1, 0.15) is 22.3 Å². The fourth-order valence-electron chi connectivity index (χ4n) is 5.02. The first kappa shape index (κ1) is 34.4. The van der Waals surface area contributed by atoms with Gasteiger partial charge in [0.2, 0.25) is 12.2 Å². The van der Waals surface area contributed by atoms with E-state index in [1.54, 1.807) is 0 Å². The summed E-state index contributed by atoms with van der Waals surface area (Å²) in [5.41, 5.74) is 3.87. The van der Waals surface area contributed by atoms with Crippen molar-refractivity contribution < 1.29 is 28.4 Å². The van der Waals surface area contributed by atoms with Gasteiger partial charge in [-0.3, -0.25) is 5.41 Å². The van der Waals surface area contributed by atoms with Gasteiger partial charge in [0, 0.05) is 0 Å². The van der Waals surface area contributed by atoms with Gasteiger partial charge in [0.15, 0.2) is 0 Å². The van der Waals surface area contributed by atoms with E-state index in [0.29, 0.717) is 6.61 Å². The fraction of sp³-hybridized carbons (Fsp3) is 0.306. The van der Waals surface area contributed by atoms with Crippen molar-refractivity contribution in [3.63, 3.8) is 0 Å². The molecule has 242 valence electrons. The lowest BCUT2D eigenvalue weighted by Crippen LogP contribution is -2.62. The summed E-state index contributed by atoms with van der Waals surface area (Å²) in [5, 5.41) is 8.37. The van der Waals surface area contributed by atoms with Crippen LogP contribution in [0.4, 0.5) is 0 Å². The smallest absolute Gasteiger partial charge is 0.265 e. The van der Waals surface area contributed by atoms with E-state index in [-0.39, 0.29) is 26.4 Å². The Bertz CT molecular complexity index is 1460. The molecule has 0 radical (unpaired) electrons. The number of hydrogen-bond donors (Lipinski definition) is 1. The van der Waals surface area contributed by atoms with Crippen molar-refractivity contribution in [3.05, 3.63) is 144 Å². The Morgan fingerprint density at radius 2 is 0.957 bits per heavy atom. The van der Waals surface area contributed by atoms with E-state index in [2.05, 4.69) is 0 Å². The molecule has 0 saturated carbocycles. The van der Waals surface area contributed by atoms with Crippen LogP contribution in [-0.2, 0) is 54.8 Å². The Morgan fingerprint density at radius 1 is 0.565 bits per heavy atom. The summed E-state index contributed by atoms with van der Waals surface area (Å²) in [4.78, 5) is 0. The molecule has 5 rings (SSSR count). The van der Waals surface area contributed by atoms with Crippen LogP contribution in [-0.4, -0.2) is 47.0 Å². The van der Waals surface area contributed by atoms with Crippen LogP contribution < -0.4 is 0 Å².